The molecule has 0 aromatic heterocycles. The summed E-state index contributed by atoms with van der Waals surface area (Å²) in [5.41, 5.74) is 0. The molecule has 0 radical (unpaired) electrons. The Kier molecular flexibility index (Phi) is 5.53. The molecule has 0 amide bonds. The van der Waals surface area contributed by atoms with Crippen LogP contribution in [0.1, 0.15) is 19.8 Å². The van der Waals surface area contributed by atoms with Crippen molar-refractivity contribution in [1.82, 2.24) is 10.2 Å². The van der Waals surface area contributed by atoms with Crippen molar-refractivity contribution in [2.24, 2.45) is 0 Å². The molecule has 0 aromatic carbocycles. The molecule has 1 aliphatic heterocycles. The molecular weight excluding hydrogens is 192 g/mol. The summed E-state index contributed by atoms with van der Waals surface area (Å²) in [4.78, 5) is 2.34. The van der Waals surface area contributed by atoms with Gasteiger partial charge in [0.15, 0.2) is 0 Å². The number of hydrogen-bond donors (Lipinski definition) is 2. The van der Waals surface area contributed by atoms with Gasteiger partial charge >= 0.3 is 0 Å². The van der Waals surface area contributed by atoms with E-state index in [0.717, 1.165) is 26.0 Å². The lowest BCUT2D eigenvalue weighted by molar-refractivity contribution is 0.0814. The second-order valence-corrected chi connectivity index (χ2v) is 4.37. The monoisotopic (exact) mass is 216 g/mol. The number of nitrogens with one attached hydrogen (secondary N) is 1. The first kappa shape index (κ1) is 12.9. The number of rotatable bonds is 6. The molecule has 0 bridgehead atoms. The largest absolute Gasteiger partial charge is 0.395 e. The van der Waals surface area contributed by atoms with Gasteiger partial charge in [-0.25, -0.2) is 0 Å². The van der Waals surface area contributed by atoms with Crippen molar-refractivity contribution in [3.63, 3.8) is 0 Å². The highest BCUT2D eigenvalue weighted by Crippen LogP contribution is 2.18. The Morgan fingerprint density at radius 3 is 2.80 bits per heavy atom. The first-order valence-electron chi connectivity index (χ1n) is 5.79. The summed E-state index contributed by atoms with van der Waals surface area (Å²) >= 11 is 0. The zero-order chi connectivity index (χ0) is 11.3. The Balaban J connectivity index is 2.25. The maximum absolute atomic E-state index is 9.05. The highest BCUT2D eigenvalue weighted by Gasteiger charge is 2.27. The number of ether oxygens (including phenoxy) is 1. The van der Waals surface area contributed by atoms with E-state index >= 15 is 0 Å². The smallest absolute Gasteiger partial charge is 0.0702 e. The number of likely N-dealkylation sites (N-methyl/N-ethyl adjacent to an activating group) is 2. The number of aliphatic hydroxyl groups excluding tert-OH is 1. The van der Waals surface area contributed by atoms with Crippen LogP contribution in [0.25, 0.3) is 0 Å². The minimum absolute atomic E-state index is 0.209. The van der Waals surface area contributed by atoms with Gasteiger partial charge in [-0.3, -0.25) is 0 Å². The minimum atomic E-state index is 0.209. The maximum Gasteiger partial charge on any atom is 0.0702 e. The Morgan fingerprint density at radius 1 is 1.60 bits per heavy atom. The average Bonchev–Trinajstić information content (AvgIpc) is 2.66. The molecule has 1 rings (SSSR count). The zero-order valence-corrected chi connectivity index (χ0v) is 10.1. The second-order valence-electron chi connectivity index (χ2n) is 4.37. The Labute approximate surface area is 92.6 Å². The molecule has 4 nitrogen and oxygen atoms in total. The summed E-state index contributed by atoms with van der Waals surface area (Å²) < 4.78 is 5.54. The third kappa shape index (κ3) is 3.72. The quantitative estimate of drug-likeness (QED) is 0.659. The molecular formula is C11H24N2O2. The highest BCUT2D eigenvalue weighted by atomic mass is 16.5. The fourth-order valence-electron chi connectivity index (χ4n) is 2.15. The molecule has 2 N–H and O–H groups in total. The lowest BCUT2D eigenvalue weighted by atomic mass is 10.1. The van der Waals surface area contributed by atoms with Gasteiger partial charge < -0.3 is 20.1 Å². The summed E-state index contributed by atoms with van der Waals surface area (Å²) in [5, 5.41) is 12.2. The third-order valence-electron chi connectivity index (χ3n) is 3.36. The first-order valence-corrected chi connectivity index (χ1v) is 5.79. The van der Waals surface area contributed by atoms with Gasteiger partial charge in [0.2, 0.25) is 0 Å². The number of aliphatic hydroxyl groups is 1. The average molecular weight is 216 g/mol. The topological polar surface area (TPSA) is 44.7 Å². The van der Waals surface area contributed by atoms with Crippen LogP contribution in [0.15, 0.2) is 0 Å². The molecule has 0 spiro atoms. The van der Waals surface area contributed by atoms with Crippen molar-refractivity contribution in [1.29, 1.82) is 0 Å². The van der Waals surface area contributed by atoms with E-state index in [0.29, 0.717) is 12.1 Å². The van der Waals surface area contributed by atoms with Crippen LogP contribution >= 0.6 is 0 Å². The van der Waals surface area contributed by atoms with E-state index < -0.39 is 0 Å². The predicted octanol–water partition coefficient (Wildman–Crippen LogP) is 0.0660. The Hall–Kier alpha value is -0.160. The van der Waals surface area contributed by atoms with Gasteiger partial charge in [0.25, 0.3) is 0 Å². The summed E-state index contributed by atoms with van der Waals surface area (Å²) in [7, 11) is 4.03. The van der Waals surface area contributed by atoms with Crippen LogP contribution in [0, 0.1) is 0 Å². The lowest BCUT2D eigenvalue weighted by Crippen LogP contribution is -2.40. The Bertz CT molecular complexity index is 174. The van der Waals surface area contributed by atoms with Crippen LogP contribution in [0.3, 0.4) is 0 Å². The van der Waals surface area contributed by atoms with Crippen LogP contribution in [-0.2, 0) is 4.74 Å². The van der Waals surface area contributed by atoms with E-state index in [1.807, 2.05) is 7.05 Å². The molecule has 1 saturated heterocycles. The number of nitrogens with zero attached hydrogens (tertiary/aromatic N) is 1. The summed E-state index contributed by atoms with van der Waals surface area (Å²) in [6.07, 6.45) is 2.45. The van der Waals surface area contributed by atoms with E-state index in [1.165, 1.54) is 0 Å². The normalized spacial score (nSPS) is 28.6. The van der Waals surface area contributed by atoms with Crippen molar-refractivity contribution in [2.75, 3.05) is 33.9 Å². The highest BCUT2D eigenvalue weighted by molar-refractivity contribution is 4.81. The lowest BCUT2D eigenvalue weighted by Gasteiger charge is -2.27. The Morgan fingerprint density at radius 2 is 2.33 bits per heavy atom. The van der Waals surface area contributed by atoms with Crippen LogP contribution < -0.4 is 5.32 Å². The molecule has 4 heteroatoms. The van der Waals surface area contributed by atoms with Gasteiger partial charge in [0, 0.05) is 18.7 Å². The van der Waals surface area contributed by atoms with Crippen LogP contribution in [0.4, 0.5) is 0 Å². The predicted molar refractivity (Wildman–Crippen MR) is 61.0 cm³/mol. The van der Waals surface area contributed by atoms with Crippen LogP contribution in [0.5, 0.6) is 0 Å². The second kappa shape index (κ2) is 6.43. The van der Waals surface area contributed by atoms with Crippen molar-refractivity contribution < 1.29 is 9.84 Å². The zero-order valence-electron chi connectivity index (χ0n) is 10.1. The molecule has 3 unspecified atom stereocenters. The van der Waals surface area contributed by atoms with Crippen LogP contribution in [-0.4, -0.2) is 62.0 Å². The van der Waals surface area contributed by atoms with Gasteiger partial charge in [-0.2, -0.15) is 0 Å². The maximum atomic E-state index is 9.05. The molecule has 0 aromatic rings. The van der Waals surface area contributed by atoms with E-state index in [1.54, 1.807) is 0 Å². The van der Waals surface area contributed by atoms with E-state index in [-0.39, 0.29) is 12.6 Å². The standard InChI is InChI=1S/C11H24N2O2/c1-9-11(5-7-15-9)13(3)6-4-10(8-14)12-2/h9-12,14H,4-8H2,1-3H3. The third-order valence-corrected chi connectivity index (χ3v) is 3.36. The van der Waals surface area contributed by atoms with E-state index in [4.69, 9.17) is 9.84 Å². The molecule has 0 aliphatic carbocycles. The van der Waals surface area contributed by atoms with Gasteiger partial charge in [-0.05, 0) is 40.4 Å². The molecule has 1 heterocycles. The molecule has 1 aliphatic rings. The van der Waals surface area contributed by atoms with Gasteiger partial charge in [-0.1, -0.05) is 0 Å². The molecule has 90 valence electrons. The van der Waals surface area contributed by atoms with Gasteiger partial charge in [0.1, 0.15) is 0 Å². The molecule has 1 fully saturated rings. The fraction of sp³-hybridized carbons (Fsp3) is 1.00. The van der Waals surface area contributed by atoms with Gasteiger partial charge in [-0.15, -0.1) is 0 Å². The van der Waals surface area contributed by atoms with Crippen LogP contribution in [0.2, 0.25) is 0 Å². The molecule has 0 saturated carbocycles. The van der Waals surface area contributed by atoms with Crippen molar-refractivity contribution in [2.45, 2.75) is 38.0 Å². The number of hydrogen-bond acceptors (Lipinski definition) is 4. The minimum Gasteiger partial charge on any atom is -0.395 e. The fourth-order valence-corrected chi connectivity index (χ4v) is 2.15. The summed E-state index contributed by atoms with van der Waals surface area (Å²) in [6.45, 7) is 4.23. The summed E-state index contributed by atoms with van der Waals surface area (Å²) in [6, 6.07) is 0.756. The van der Waals surface area contributed by atoms with Gasteiger partial charge in [0.05, 0.1) is 12.7 Å². The van der Waals surface area contributed by atoms with Crippen molar-refractivity contribution >= 4 is 0 Å². The van der Waals surface area contributed by atoms with Crippen molar-refractivity contribution in [3.05, 3.63) is 0 Å². The van der Waals surface area contributed by atoms with E-state index in [9.17, 15) is 0 Å². The SMILES string of the molecule is CNC(CO)CCN(C)C1CCOC1C. The molecule has 3 atom stereocenters. The van der Waals surface area contributed by atoms with E-state index in [2.05, 4.69) is 24.2 Å². The van der Waals surface area contributed by atoms with Crippen molar-refractivity contribution in [3.8, 4) is 0 Å². The summed E-state index contributed by atoms with van der Waals surface area (Å²) in [5.74, 6) is 0. The molecule has 15 heavy (non-hydrogen) atoms. The first-order chi connectivity index (χ1) is 7.19.